The minimum atomic E-state index is 0.266. The summed E-state index contributed by atoms with van der Waals surface area (Å²) in [5, 5.41) is 7.88. The van der Waals surface area contributed by atoms with Gasteiger partial charge in [0.05, 0.1) is 30.6 Å². The van der Waals surface area contributed by atoms with E-state index in [1.54, 1.807) is 11.8 Å². The highest BCUT2D eigenvalue weighted by molar-refractivity contribution is 5.56. The van der Waals surface area contributed by atoms with Crippen LogP contribution < -0.4 is 15.0 Å². The normalized spacial score (nSPS) is 20.6. The number of anilines is 2. The molecule has 0 aliphatic carbocycles. The van der Waals surface area contributed by atoms with Crippen LogP contribution in [0.25, 0.3) is 0 Å². The molecule has 0 radical (unpaired) electrons. The van der Waals surface area contributed by atoms with Gasteiger partial charge in [0.25, 0.3) is 0 Å². The maximum atomic E-state index is 5.81. The summed E-state index contributed by atoms with van der Waals surface area (Å²) in [6, 6.07) is 8.58. The molecule has 2 atom stereocenters. The summed E-state index contributed by atoms with van der Waals surface area (Å²) in [7, 11) is 3.58. The summed E-state index contributed by atoms with van der Waals surface area (Å²) < 4.78 is 13.0. The van der Waals surface area contributed by atoms with E-state index in [0.29, 0.717) is 6.54 Å². The molecule has 0 spiro atoms. The Morgan fingerprint density at radius 2 is 1.84 bits per heavy atom. The first-order valence-electron chi connectivity index (χ1n) is 8.78. The van der Waals surface area contributed by atoms with Gasteiger partial charge in [0, 0.05) is 38.1 Å². The molecule has 6 nitrogen and oxygen atoms in total. The van der Waals surface area contributed by atoms with E-state index >= 15 is 0 Å². The van der Waals surface area contributed by atoms with Gasteiger partial charge in [-0.3, -0.25) is 0 Å². The van der Waals surface area contributed by atoms with Crippen LogP contribution in [0.3, 0.4) is 0 Å². The number of nitrogens with zero attached hydrogens (tertiary/aromatic N) is 3. The lowest BCUT2D eigenvalue weighted by Crippen LogP contribution is -2.45. The zero-order chi connectivity index (χ0) is 18.0. The molecule has 1 fully saturated rings. The lowest BCUT2D eigenvalue weighted by atomic mass is 10.2. The third kappa shape index (κ3) is 3.90. The molecular formula is C19H28N4O2. The molecule has 1 aromatic heterocycles. The van der Waals surface area contributed by atoms with Crippen LogP contribution in [0.2, 0.25) is 0 Å². The van der Waals surface area contributed by atoms with Crippen LogP contribution in [-0.4, -0.2) is 42.2 Å². The Kier molecular flexibility index (Phi) is 5.18. The van der Waals surface area contributed by atoms with Crippen molar-refractivity contribution in [1.82, 2.24) is 9.78 Å². The average Bonchev–Trinajstić information content (AvgIpc) is 2.85. The smallest absolute Gasteiger partial charge is 0.216 e. The van der Waals surface area contributed by atoms with Crippen LogP contribution in [0.5, 0.6) is 5.88 Å². The van der Waals surface area contributed by atoms with Crippen LogP contribution in [-0.2, 0) is 18.3 Å². The van der Waals surface area contributed by atoms with Crippen molar-refractivity contribution in [2.45, 2.75) is 39.5 Å². The first-order valence-corrected chi connectivity index (χ1v) is 8.78. The molecule has 25 heavy (non-hydrogen) atoms. The predicted octanol–water partition coefficient (Wildman–Crippen LogP) is 2.96. The number of ether oxygens (including phenoxy) is 2. The fourth-order valence-electron chi connectivity index (χ4n) is 3.51. The van der Waals surface area contributed by atoms with Crippen molar-refractivity contribution in [2.75, 3.05) is 30.4 Å². The molecule has 0 unspecified atom stereocenters. The van der Waals surface area contributed by atoms with Crippen molar-refractivity contribution < 1.29 is 9.47 Å². The number of aryl methyl sites for hydroxylation is 2. The number of aromatic nitrogens is 2. The molecule has 2 aromatic rings. The quantitative estimate of drug-likeness (QED) is 0.904. The van der Waals surface area contributed by atoms with Gasteiger partial charge in [-0.1, -0.05) is 0 Å². The third-order valence-corrected chi connectivity index (χ3v) is 4.60. The first-order chi connectivity index (χ1) is 12.0. The SMILES string of the molecule is COc1c(CNc2ccc(N3C[C@@H](C)O[C@@H](C)C3)cc2)c(C)nn1C. The van der Waals surface area contributed by atoms with E-state index < -0.39 is 0 Å². The van der Waals surface area contributed by atoms with Gasteiger partial charge in [0.1, 0.15) is 0 Å². The van der Waals surface area contributed by atoms with Gasteiger partial charge in [0.2, 0.25) is 5.88 Å². The second kappa shape index (κ2) is 7.35. The van der Waals surface area contributed by atoms with Crippen molar-refractivity contribution in [2.24, 2.45) is 7.05 Å². The van der Waals surface area contributed by atoms with E-state index in [0.717, 1.165) is 35.9 Å². The number of nitrogens with one attached hydrogen (secondary N) is 1. The molecule has 0 bridgehead atoms. The van der Waals surface area contributed by atoms with E-state index in [9.17, 15) is 0 Å². The molecular weight excluding hydrogens is 316 g/mol. The fraction of sp³-hybridized carbons (Fsp3) is 0.526. The van der Waals surface area contributed by atoms with E-state index in [-0.39, 0.29) is 12.2 Å². The number of rotatable bonds is 5. The van der Waals surface area contributed by atoms with Crippen molar-refractivity contribution in [3.05, 3.63) is 35.5 Å². The topological polar surface area (TPSA) is 51.6 Å². The number of hydrogen-bond donors (Lipinski definition) is 1. The summed E-state index contributed by atoms with van der Waals surface area (Å²) in [4.78, 5) is 2.39. The largest absolute Gasteiger partial charge is 0.481 e. The summed E-state index contributed by atoms with van der Waals surface area (Å²) >= 11 is 0. The Hall–Kier alpha value is -2.21. The van der Waals surface area contributed by atoms with E-state index in [4.69, 9.17) is 9.47 Å². The highest BCUT2D eigenvalue weighted by Gasteiger charge is 2.22. The van der Waals surface area contributed by atoms with Gasteiger partial charge in [-0.05, 0) is 45.0 Å². The van der Waals surface area contributed by atoms with Crippen molar-refractivity contribution in [3.63, 3.8) is 0 Å². The van der Waals surface area contributed by atoms with Crippen LogP contribution in [0.4, 0.5) is 11.4 Å². The average molecular weight is 344 g/mol. The molecule has 1 aliphatic rings. The van der Waals surface area contributed by atoms with Gasteiger partial charge >= 0.3 is 0 Å². The first kappa shape index (κ1) is 17.6. The Morgan fingerprint density at radius 3 is 2.44 bits per heavy atom. The van der Waals surface area contributed by atoms with Gasteiger partial charge in [-0.2, -0.15) is 5.10 Å². The zero-order valence-corrected chi connectivity index (χ0v) is 15.7. The molecule has 2 heterocycles. The van der Waals surface area contributed by atoms with Gasteiger partial charge in [-0.25, -0.2) is 4.68 Å². The minimum Gasteiger partial charge on any atom is -0.481 e. The summed E-state index contributed by atoms with van der Waals surface area (Å²) in [5.41, 5.74) is 4.40. The molecule has 1 aliphatic heterocycles. The molecule has 0 amide bonds. The Balaban J connectivity index is 1.65. The lowest BCUT2D eigenvalue weighted by molar-refractivity contribution is -0.00521. The highest BCUT2D eigenvalue weighted by atomic mass is 16.5. The van der Waals surface area contributed by atoms with Crippen molar-refractivity contribution in [1.29, 1.82) is 0 Å². The second-order valence-corrected chi connectivity index (χ2v) is 6.76. The van der Waals surface area contributed by atoms with Crippen LogP contribution in [0, 0.1) is 6.92 Å². The number of benzene rings is 1. The number of hydrogen-bond acceptors (Lipinski definition) is 5. The van der Waals surface area contributed by atoms with E-state index in [1.807, 2.05) is 14.0 Å². The molecule has 6 heteroatoms. The zero-order valence-electron chi connectivity index (χ0n) is 15.7. The van der Waals surface area contributed by atoms with Crippen LogP contribution in [0.1, 0.15) is 25.1 Å². The Bertz CT molecular complexity index is 701. The molecule has 1 aromatic carbocycles. The van der Waals surface area contributed by atoms with Crippen molar-refractivity contribution in [3.8, 4) is 5.88 Å². The monoisotopic (exact) mass is 344 g/mol. The molecule has 0 saturated carbocycles. The lowest BCUT2D eigenvalue weighted by Gasteiger charge is -2.36. The fourth-order valence-corrected chi connectivity index (χ4v) is 3.51. The molecule has 1 saturated heterocycles. The van der Waals surface area contributed by atoms with Gasteiger partial charge in [0.15, 0.2) is 0 Å². The maximum absolute atomic E-state index is 5.81. The predicted molar refractivity (Wildman–Crippen MR) is 100 cm³/mol. The second-order valence-electron chi connectivity index (χ2n) is 6.76. The van der Waals surface area contributed by atoms with E-state index in [1.165, 1.54) is 5.69 Å². The number of methoxy groups -OCH3 is 1. The van der Waals surface area contributed by atoms with Gasteiger partial charge in [-0.15, -0.1) is 0 Å². The van der Waals surface area contributed by atoms with Crippen LogP contribution in [0.15, 0.2) is 24.3 Å². The van der Waals surface area contributed by atoms with Gasteiger partial charge < -0.3 is 19.7 Å². The third-order valence-electron chi connectivity index (χ3n) is 4.60. The summed E-state index contributed by atoms with van der Waals surface area (Å²) in [5.74, 6) is 0.804. The molecule has 1 N–H and O–H groups in total. The Labute approximate surface area is 149 Å². The van der Waals surface area contributed by atoms with E-state index in [2.05, 4.69) is 53.4 Å². The summed E-state index contributed by atoms with van der Waals surface area (Å²) in [6.45, 7) is 8.81. The van der Waals surface area contributed by atoms with Crippen molar-refractivity contribution >= 4 is 11.4 Å². The minimum absolute atomic E-state index is 0.266. The molecule has 3 rings (SSSR count). The number of morpholine rings is 1. The Morgan fingerprint density at radius 1 is 1.20 bits per heavy atom. The maximum Gasteiger partial charge on any atom is 0.216 e. The standard InChI is InChI=1S/C19H28N4O2/c1-13-11-23(12-14(2)25-13)17-8-6-16(7-9-17)20-10-18-15(3)21-22(4)19(18)24-5/h6-9,13-14,20H,10-12H2,1-5H3/t13-,14+. The summed E-state index contributed by atoms with van der Waals surface area (Å²) in [6.07, 6.45) is 0.533. The molecule has 136 valence electrons. The highest BCUT2D eigenvalue weighted by Crippen LogP contribution is 2.25. The van der Waals surface area contributed by atoms with Crippen LogP contribution >= 0.6 is 0 Å².